The Labute approximate surface area is 74.0 Å². The van der Waals surface area contributed by atoms with E-state index in [1.165, 1.54) is 0 Å². The highest BCUT2D eigenvalue weighted by atomic mass is 16.4. The normalized spacial score (nSPS) is 13.9. The number of amidine groups is 1. The summed E-state index contributed by atoms with van der Waals surface area (Å²) in [5.41, 5.74) is 4.61. The lowest BCUT2D eigenvalue weighted by molar-refractivity contribution is -0.143. The van der Waals surface area contributed by atoms with Crippen molar-refractivity contribution >= 4 is 17.5 Å². The third kappa shape index (κ3) is 3.74. The lowest BCUT2D eigenvalue weighted by atomic mass is 10.2. The van der Waals surface area contributed by atoms with E-state index in [1.807, 2.05) is 0 Å². The molecule has 0 aromatic heterocycles. The fourth-order valence-corrected chi connectivity index (χ4v) is 0.544. The number of nitrogens with zero attached hydrogens (tertiary/aromatic N) is 1. The topological polar surface area (TPSA) is 140 Å². The van der Waals surface area contributed by atoms with Gasteiger partial charge in [0.15, 0.2) is 6.10 Å². The van der Waals surface area contributed by atoms with Crippen molar-refractivity contribution in [3.05, 3.63) is 0 Å². The standard InChI is InChI=1S/C6H11N3O4/c7-1-4(8)9-3(2-10)5(11)6(12)13/h5,8,10-11H,1-2,7H2,(H,12,13). The highest BCUT2D eigenvalue weighted by Crippen LogP contribution is 1.90. The Bertz CT molecular complexity index is 238. The molecule has 1 unspecified atom stereocenters. The fourth-order valence-electron chi connectivity index (χ4n) is 0.544. The number of carboxylic acids is 1. The van der Waals surface area contributed by atoms with Gasteiger partial charge in [-0.1, -0.05) is 0 Å². The van der Waals surface area contributed by atoms with Gasteiger partial charge < -0.3 is 21.1 Å². The summed E-state index contributed by atoms with van der Waals surface area (Å²) in [6, 6.07) is 0. The first kappa shape index (κ1) is 11.7. The Balaban J connectivity index is 4.58. The van der Waals surface area contributed by atoms with E-state index in [0.29, 0.717) is 0 Å². The number of nitrogens with two attached hydrogens (primary N) is 1. The van der Waals surface area contributed by atoms with Gasteiger partial charge in [0.1, 0.15) is 5.84 Å². The van der Waals surface area contributed by atoms with Crippen molar-refractivity contribution in [2.24, 2.45) is 10.7 Å². The Morgan fingerprint density at radius 1 is 1.62 bits per heavy atom. The van der Waals surface area contributed by atoms with Gasteiger partial charge in [0.2, 0.25) is 0 Å². The van der Waals surface area contributed by atoms with Crippen LogP contribution in [0.25, 0.3) is 0 Å². The third-order valence-corrected chi connectivity index (χ3v) is 1.18. The van der Waals surface area contributed by atoms with Gasteiger partial charge in [-0.2, -0.15) is 0 Å². The second-order valence-corrected chi connectivity index (χ2v) is 2.15. The monoisotopic (exact) mass is 189 g/mol. The van der Waals surface area contributed by atoms with Gasteiger partial charge >= 0.3 is 5.97 Å². The smallest absolute Gasteiger partial charge is 0.338 e. The first-order chi connectivity index (χ1) is 6.02. The number of aliphatic carboxylic acids is 1. The van der Waals surface area contributed by atoms with Crippen LogP contribution in [0.3, 0.4) is 0 Å². The molecule has 0 saturated heterocycles. The van der Waals surface area contributed by atoms with Crippen LogP contribution in [0.5, 0.6) is 0 Å². The number of carbonyl (C=O) groups is 1. The lowest BCUT2D eigenvalue weighted by Gasteiger charge is -2.06. The Morgan fingerprint density at radius 3 is 2.46 bits per heavy atom. The van der Waals surface area contributed by atoms with E-state index in [9.17, 15) is 4.79 Å². The molecule has 0 aliphatic heterocycles. The summed E-state index contributed by atoms with van der Waals surface area (Å²) in [6.07, 6.45) is -1.89. The molecule has 0 rings (SSSR count). The molecule has 13 heavy (non-hydrogen) atoms. The number of carboxylic acid groups (broad SMARTS) is 1. The molecular weight excluding hydrogens is 178 g/mol. The maximum atomic E-state index is 10.2. The number of aliphatic imine (C=N–C) groups is 1. The first-order valence-corrected chi connectivity index (χ1v) is 3.39. The largest absolute Gasteiger partial charge is 0.479 e. The summed E-state index contributed by atoms with van der Waals surface area (Å²) >= 11 is 0. The molecule has 1 atom stereocenters. The van der Waals surface area contributed by atoms with Crippen molar-refractivity contribution < 1.29 is 20.1 Å². The van der Waals surface area contributed by atoms with Crippen LogP contribution < -0.4 is 5.73 Å². The van der Waals surface area contributed by atoms with Gasteiger partial charge in [-0.15, -0.1) is 0 Å². The molecule has 0 radical (unpaired) electrons. The molecule has 0 aromatic carbocycles. The zero-order valence-corrected chi connectivity index (χ0v) is 6.77. The van der Waals surface area contributed by atoms with Gasteiger partial charge in [0.25, 0.3) is 0 Å². The van der Waals surface area contributed by atoms with Crippen molar-refractivity contribution in [1.29, 1.82) is 5.41 Å². The maximum Gasteiger partial charge on any atom is 0.338 e. The Morgan fingerprint density at radius 2 is 2.15 bits per heavy atom. The van der Waals surface area contributed by atoms with Gasteiger partial charge in [-0.05, 0) is 0 Å². The molecule has 0 fully saturated rings. The third-order valence-electron chi connectivity index (χ3n) is 1.18. The summed E-state index contributed by atoms with van der Waals surface area (Å²) in [5, 5.41) is 32.8. The molecule has 7 nitrogen and oxygen atoms in total. The van der Waals surface area contributed by atoms with E-state index in [4.69, 9.17) is 26.5 Å². The molecule has 0 spiro atoms. The average Bonchev–Trinajstić information content (AvgIpc) is 2.12. The molecule has 7 heteroatoms. The van der Waals surface area contributed by atoms with Crippen molar-refractivity contribution in [3.8, 4) is 0 Å². The van der Waals surface area contributed by atoms with Crippen LogP contribution in [-0.2, 0) is 4.79 Å². The van der Waals surface area contributed by atoms with Crippen molar-refractivity contribution in [3.63, 3.8) is 0 Å². The van der Waals surface area contributed by atoms with Crippen molar-refractivity contribution in [1.82, 2.24) is 0 Å². The van der Waals surface area contributed by atoms with Crippen LogP contribution in [0.4, 0.5) is 0 Å². The summed E-state index contributed by atoms with van der Waals surface area (Å²) < 4.78 is 0. The first-order valence-electron chi connectivity index (χ1n) is 3.39. The van der Waals surface area contributed by atoms with Crippen LogP contribution in [0.2, 0.25) is 0 Å². The molecule has 0 aliphatic rings. The minimum absolute atomic E-state index is 0.185. The molecule has 0 saturated carbocycles. The molecule has 6 N–H and O–H groups in total. The Kier molecular flexibility index (Phi) is 4.82. The molecule has 0 amide bonds. The van der Waals surface area contributed by atoms with Crippen LogP contribution in [0, 0.1) is 5.41 Å². The zero-order valence-electron chi connectivity index (χ0n) is 6.77. The minimum atomic E-state index is -1.89. The van der Waals surface area contributed by atoms with E-state index in [-0.39, 0.29) is 12.4 Å². The summed E-state index contributed by atoms with van der Waals surface area (Å²) in [7, 11) is 0. The lowest BCUT2D eigenvalue weighted by Crippen LogP contribution is -2.33. The van der Waals surface area contributed by atoms with Crippen molar-refractivity contribution in [2.75, 3.05) is 13.2 Å². The molecule has 0 aliphatic carbocycles. The van der Waals surface area contributed by atoms with E-state index >= 15 is 0 Å². The molecule has 74 valence electrons. The van der Waals surface area contributed by atoms with Crippen LogP contribution in [-0.4, -0.2) is 52.1 Å². The Hall–Kier alpha value is -1.31. The van der Waals surface area contributed by atoms with E-state index in [2.05, 4.69) is 4.99 Å². The summed E-state index contributed by atoms with van der Waals surface area (Å²) in [5.74, 6) is -1.83. The number of nitrogens with one attached hydrogen (secondary N) is 1. The average molecular weight is 189 g/mol. The van der Waals surface area contributed by atoms with Crippen LogP contribution in [0.15, 0.2) is 4.99 Å². The minimum Gasteiger partial charge on any atom is -0.479 e. The predicted molar refractivity (Wildman–Crippen MR) is 44.9 cm³/mol. The zero-order chi connectivity index (χ0) is 10.4. The second kappa shape index (κ2) is 5.36. The van der Waals surface area contributed by atoms with Crippen molar-refractivity contribution in [2.45, 2.75) is 6.10 Å². The summed E-state index contributed by atoms with van der Waals surface area (Å²) in [4.78, 5) is 13.6. The molecule has 0 bridgehead atoms. The number of hydrogen-bond acceptors (Lipinski definition) is 5. The predicted octanol–water partition coefficient (Wildman–Crippen LogP) is -2.20. The number of aliphatic hydroxyl groups excluding tert-OH is 2. The second-order valence-electron chi connectivity index (χ2n) is 2.15. The number of hydrogen-bond donors (Lipinski definition) is 5. The molecular formula is C6H11N3O4. The molecule has 0 heterocycles. The van der Waals surface area contributed by atoms with E-state index in [0.717, 1.165) is 0 Å². The van der Waals surface area contributed by atoms with Gasteiger partial charge in [0, 0.05) is 0 Å². The fraction of sp³-hybridized carbons (Fsp3) is 0.500. The molecule has 0 aromatic rings. The maximum absolute atomic E-state index is 10.2. The summed E-state index contributed by atoms with van der Waals surface area (Å²) in [6.45, 7) is -0.911. The van der Waals surface area contributed by atoms with Crippen LogP contribution >= 0.6 is 0 Å². The number of aliphatic hydroxyl groups is 2. The van der Waals surface area contributed by atoms with Gasteiger partial charge in [-0.25, -0.2) is 9.79 Å². The van der Waals surface area contributed by atoms with Crippen LogP contribution in [0.1, 0.15) is 0 Å². The van der Waals surface area contributed by atoms with E-state index in [1.54, 1.807) is 0 Å². The highest BCUT2D eigenvalue weighted by Gasteiger charge is 2.19. The van der Waals surface area contributed by atoms with Gasteiger partial charge in [0.05, 0.1) is 18.9 Å². The SMILES string of the molecule is N=C(CN)N=C(CO)C(O)C(=O)O. The number of rotatable bonds is 4. The quantitative estimate of drug-likeness (QED) is 0.252. The van der Waals surface area contributed by atoms with E-state index < -0.39 is 24.4 Å². The highest BCUT2D eigenvalue weighted by molar-refractivity contribution is 6.09. The van der Waals surface area contributed by atoms with Gasteiger partial charge in [-0.3, -0.25) is 5.41 Å².